The van der Waals surface area contributed by atoms with Crippen molar-refractivity contribution in [2.45, 2.75) is 51.4 Å². The Hall–Kier alpha value is -3.15. The topological polar surface area (TPSA) is 44.9 Å². The lowest BCUT2D eigenvalue weighted by Crippen LogP contribution is -2.48. The molecule has 3 aromatic rings. The average molecular weight is 461 g/mol. The van der Waals surface area contributed by atoms with Gasteiger partial charge in [0.2, 0.25) is 5.96 Å². The van der Waals surface area contributed by atoms with Crippen molar-refractivity contribution in [2.24, 2.45) is 4.99 Å². The average Bonchev–Trinajstić information content (AvgIpc) is 3.37. The van der Waals surface area contributed by atoms with E-state index >= 15 is 0 Å². The van der Waals surface area contributed by atoms with Crippen LogP contribution in [0.2, 0.25) is 0 Å². The number of likely N-dealkylation sites (tertiary alicyclic amines) is 2. The Bertz CT molecular complexity index is 1090. The molecule has 2 fully saturated rings. The summed E-state index contributed by atoms with van der Waals surface area (Å²) in [5.41, 5.74) is 3.12. The number of aliphatic imine (C=N–C) groups is 1. The molecule has 2 aromatic carbocycles. The summed E-state index contributed by atoms with van der Waals surface area (Å²) in [5, 5.41) is 4.30. The smallest absolute Gasteiger partial charge is 0.253 e. The van der Waals surface area contributed by atoms with Gasteiger partial charge in [-0.2, -0.15) is 4.99 Å². The normalized spacial score (nSPS) is 17.5. The maximum absolute atomic E-state index is 14.9. The summed E-state index contributed by atoms with van der Waals surface area (Å²) in [6.45, 7) is 6.19. The van der Waals surface area contributed by atoms with Gasteiger partial charge in [-0.05, 0) is 55.7 Å². The molecule has 5 rings (SSSR count). The number of rotatable bonds is 4. The van der Waals surface area contributed by atoms with Gasteiger partial charge in [-0.3, -0.25) is 0 Å². The molecule has 178 valence electrons. The van der Waals surface area contributed by atoms with Gasteiger partial charge in [-0.25, -0.2) is 4.39 Å². The first-order chi connectivity index (χ1) is 16.7. The van der Waals surface area contributed by atoms with E-state index in [4.69, 9.17) is 9.52 Å². The molecule has 0 spiro atoms. The molecule has 1 unspecified atom stereocenters. The van der Waals surface area contributed by atoms with Crippen molar-refractivity contribution in [3.8, 4) is 11.1 Å². The van der Waals surface area contributed by atoms with Gasteiger partial charge < -0.3 is 14.3 Å². The fraction of sp³-hybridized carbons (Fsp3) is 0.429. The molecule has 0 bridgehead atoms. The summed E-state index contributed by atoms with van der Waals surface area (Å²) in [6, 6.07) is 17.0. The van der Waals surface area contributed by atoms with Crippen LogP contribution >= 0.6 is 0 Å². The van der Waals surface area contributed by atoms with E-state index < -0.39 is 0 Å². The molecular formula is C28H33FN4O. The predicted octanol–water partition coefficient (Wildman–Crippen LogP) is 6.59. The third kappa shape index (κ3) is 5.01. The standard InChI is InChI=1S/C28H33FN4O/c1-21(23-13-14-24(25(29)19-23)22-11-5-2-6-12-22)26-20-27(34-31-26)30-28(32-15-7-3-8-16-32)33-17-9-4-10-18-33/h2,5-6,11-14,19-21H,3-4,7-10,15-18H2,1H3. The number of halogens is 1. The van der Waals surface area contributed by atoms with Gasteiger partial charge in [0, 0.05) is 43.7 Å². The molecular weight excluding hydrogens is 427 g/mol. The van der Waals surface area contributed by atoms with Crippen LogP contribution in [0.5, 0.6) is 0 Å². The second-order valence-electron chi connectivity index (χ2n) is 9.42. The molecule has 0 radical (unpaired) electrons. The van der Waals surface area contributed by atoms with Gasteiger partial charge in [-0.1, -0.05) is 54.5 Å². The van der Waals surface area contributed by atoms with E-state index in [-0.39, 0.29) is 11.7 Å². The first kappa shape index (κ1) is 22.6. The van der Waals surface area contributed by atoms with Crippen LogP contribution < -0.4 is 0 Å². The summed E-state index contributed by atoms with van der Waals surface area (Å²) in [6.07, 6.45) is 7.39. The van der Waals surface area contributed by atoms with E-state index in [1.54, 1.807) is 6.07 Å². The second-order valence-corrected chi connectivity index (χ2v) is 9.42. The SMILES string of the molecule is CC(c1ccc(-c2ccccc2)c(F)c1)c1cc(N=C(N2CCCCC2)N2CCCCC2)on1. The van der Waals surface area contributed by atoms with E-state index in [9.17, 15) is 4.39 Å². The Morgan fingerprint density at radius 3 is 2.15 bits per heavy atom. The highest BCUT2D eigenvalue weighted by Gasteiger charge is 2.24. The van der Waals surface area contributed by atoms with Crippen molar-refractivity contribution in [2.75, 3.05) is 26.2 Å². The molecule has 1 atom stereocenters. The monoisotopic (exact) mass is 460 g/mol. The van der Waals surface area contributed by atoms with Gasteiger partial charge in [0.1, 0.15) is 5.82 Å². The van der Waals surface area contributed by atoms with Crippen LogP contribution in [-0.2, 0) is 0 Å². The van der Waals surface area contributed by atoms with Crippen molar-refractivity contribution >= 4 is 11.8 Å². The molecule has 0 amide bonds. The van der Waals surface area contributed by atoms with E-state index in [0.717, 1.165) is 49.0 Å². The second kappa shape index (κ2) is 10.4. The molecule has 2 saturated heterocycles. The van der Waals surface area contributed by atoms with Crippen LogP contribution in [0.3, 0.4) is 0 Å². The molecule has 0 aliphatic carbocycles. The largest absolute Gasteiger partial charge is 0.342 e. The van der Waals surface area contributed by atoms with Crippen LogP contribution in [0.25, 0.3) is 11.1 Å². The molecule has 0 N–H and O–H groups in total. The summed E-state index contributed by atoms with van der Waals surface area (Å²) < 4.78 is 20.6. The molecule has 2 aliphatic rings. The zero-order chi connectivity index (χ0) is 23.3. The van der Waals surface area contributed by atoms with Crippen LogP contribution in [0, 0.1) is 5.82 Å². The minimum atomic E-state index is -0.227. The quantitative estimate of drug-likeness (QED) is 0.325. The Labute approximate surface area is 201 Å². The summed E-state index contributed by atoms with van der Waals surface area (Å²) in [7, 11) is 0. The Kier molecular flexibility index (Phi) is 6.93. The summed E-state index contributed by atoms with van der Waals surface area (Å²) in [4.78, 5) is 9.74. The molecule has 2 aliphatic heterocycles. The molecule has 6 heteroatoms. The van der Waals surface area contributed by atoms with Gasteiger partial charge in [0.05, 0.1) is 5.69 Å². The third-order valence-corrected chi connectivity index (χ3v) is 7.03. The molecule has 0 saturated carbocycles. The van der Waals surface area contributed by atoms with Crippen LogP contribution in [0.15, 0.2) is 64.1 Å². The molecule has 3 heterocycles. The zero-order valence-corrected chi connectivity index (χ0v) is 19.9. The third-order valence-electron chi connectivity index (χ3n) is 7.03. The molecule has 5 nitrogen and oxygen atoms in total. The fourth-order valence-corrected chi connectivity index (χ4v) is 4.99. The van der Waals surface area contributed by atoms with Gasteiger partial charge in [0.15, 0.2) is 0 Å². The first-order valence-corrected chi connectivity index (χ1v) is 12.6. The summed E-state index contributed by atoms with van der Waals surface area (Å²) >= 11 is 0. The zero-order valence-electron chi connectivity index (χ0n) is 19.9. The number of aromatic nitrogens is 1. The van der Waals surface area contributed by atoms with Crippen molar-refractivity contribution < 1.29 is 8.91 Å². The van der Waals surface area contributed by atoms with Crippen LogP contribution in [0.1, 0.15) is 62.6 Å². The molecule has 34 heavy (non-hydrogen) atoms. The van der Waals surface area contributed by atoms with E-state index in [0.29, 0.717) is 11.4 Å². The minimum Gasteiger partial charge on any atom is -0.342 e. The van der Waals surface area contributed by atoms with E-state index in [1.807, 2.05) is 55.5 Å². The number of hydrogen-bond donors (Lipinski definition) is 0. The lowest BCUT2D eigenvalue weighted by atomic mass is 9.95. The predicted molar refractivity (Wildman–Crippen MR) is 134 cm³/mol. The summed E-state index contributed by atoms with van der Waals surface area (Å²) in [5.74, 6) is 1.22. The lowest BCUT2D eigenvalue weighted by molar-refractivity contribution is 0.256. The van der Waals surface area contributed by atoms with E-state index in [1.165, 1.54) is 38.5 Å². The molecule has 1 aromatic heterocycles. The van der Waals surface area contributed by atoms with Gasteiger partial charge in [0.25, 0.3) is 5.88 Å². The number of guanidine groups is 1. The van der Waals surface area contributed by atoms with E-state index in [2.05, 4.69) is 15.0 Å². The van der Waals surface area contributed by atoms with Crippen molar-refractivity contribution in [3.63, 3.8) is 0 Å². The fourth-order valence-electron chi connectivity index (χ4n) is 4.99. The van der Waals surface area contributed by atoms with Crippen molar-refractivity contribution in [3.05, 3.63) is 71.7 Å². The highest BCUT2D eigenvalue weighted by molar-refractivity contribution is 5.82. The number of benzene rings is 2. The number of hydrogen-bond acceptors (Lipinski definition) is 3. The highest BCUT2D eigenvalue weighted by atomic mass is 19.1. The lowest BCUT2D eigenvalue weighted by Gasteiger charge is -2.38. The first-order valence-electron chi connectivity index (χ1n) is 12.6. The maximum atomic E-state index is 14.9. The Morgan fingerprint density at radius 2 is 1.53 bits per heavy atom. The van der Waals surface area contributed by atoms with Gasteiger partial charge >= 0.3 is 0 Å². The van der Waals surface area contributed by atoms with Gasteiger partial charge in [-0.15, -0.1) is 0 Å². The van der Waals surface area contributed by atoms with Crippen LogP contribution in [0.4, 0.5) is 10.3 Å². The number of piperidine rings is 2. The Balaban J connectivity index is 1.37. The Morgan fingerprint density at radius 1 is 0.882 bits per heavy atom. The van der Waals surface area contributed by atoms with Crippen LogP contribution in [-0.4, -0.2) is 47.1 Å². The minimum absolute atomic E-state index is 0.0968. The highest BCUT2D eigenvalue weighted by Crippen LogP contribution is 2.31. The number of nitrogens with zero attached hydrogens (tertiary/aromatic N) is 4. The van der Waals surface area contributed by atoms with Crippen molar-refractivity contribution in [1.29, 1.82) is 0 Å². The van der Waals surface area contributed by atoms with Crippen molar-refractivity contribution in [1.82, 2.24) is 15.0 Å². The maximum Gasteiger partial charge on any atom is 0.253 e.